The van der Waals surface area contributed by atoms with Crippen LogP contribution in [-0.2, 0) is 0 Å². The van der Waals surface area contributed by atoms with Crippen LogP contribution >= 0.6 is 11.6 Å². The quantitative estimate of drug-likeness (QED) is 0.484. The Morgan fingerprint density at radius 3 is 2.50 bits per heavy atom. The normalized spacial score (nSPS) is 8.83. The summed E-state index contributed by atoms with van der Waals surface area (Å²) in [6.07, 6.45) is 0. The first kappa shape index (κ1) is 12.0. The molecule has 0 unspecified atom stereocenters. The Hall–Kier alpha value is -0.0200. The molecule has 0 saturated heterocycles. The molecule has 0 bridgehead atoms. The number of hydrogen-bond acceptors (Lipinski definition) is 2. The van der Waals surface area contributed by atoms with E-state index in [1.807, 2.05) is 0 Å². The van der Waals surface area contributed by atoms with Crippen LogP contribution in [0.25, 0.3) is 0 Å². The van der Waals surface area contributed by atoms with Crippen LogP contribution in [0.15, 0.2) is 18.2 Å². The van der Waals surface area contributed by atoms with Crippen LogP contribution < -0.4 is 34.7 Å². The number of carboxylic acids is 1. The fraction of sp³-hybridized carbons (Fsp3) is 0.125. The summed E-state index contributed by atoms with van der Waals surface area (Å²) in [5.74, 6) is -1.19. The summed E-state index contributed by atoms with van der Waals surface area (Å²) < 4.78 is 0. The minimum absolute atomic E-state index is 0. The summed E-state index contributed by atoms with van der Waals surface area (Å²) in [4.78, 5) is 10.4. The topological polar surface area (TPSA) is 40.1 Å². The van der Waals surface area contributed by atoms with Crippen LogP contribution in [0.5, 0.6) is 0 Å². The fourth-order valence-corrected chi connectivity index (χ4v) is 1.00. The number of carboxylic acid groups (broad SMARTS) is 1. The van der Waals surface area contributed by atoms with Gasteiger partial charge in [0.25, 0.3) is 0 Å². The zero-order chi connectivity index (χ0) is 8.43. The van der Waals surface area contributed by atoms with Crippen LogP contribution in [0, 0.1) is 6.92 Å². The molecule has 4 heteroatoms. The molecule has 2 nitrogen and oxygen atoms in total. The van der Waals surface area contributed by atoms with E-state index in [-0.39, 0.29) is 35.1 Å². The van der Waals surface area contributed by atoms with E-state index in [1.165, 1.54) is 6.07 Å². The van der Waals surface area contributed by atoms with Gasteiger partial charge in [0, 0.05) is 10.6 Å². The molecule has 0 aromatic heterocycles. The Kier molecular flexibility index (Phi) is 4.87. The van der Waals surface area contributed by atoms with Gasteiger partial charge in [0.1, 0.15) is 0 Å². The molecule has 0 aliphatic heterocycles. The van der Waals surface area contributed by atoms with Crippen molar-refractivity contribution in [2.45, 2.75) is 6.92 Å². The number of carbonyl (C=O) groups excluding carboxylic acids is 1. The van der Waals surface area contributed by atoms with Gasteiger partial charge in [-0.2, -0.15) is 0 Å². The first-order valence-corrected chi connectivity index (χ1v) is 3.47. The van der Waals surface area contributed by atoms with Gasteiger partial charge >= 0.3 is 29.6 Å². The van der Waals surface area contributed by atoms with E-state index in [2.05, 4.69) is 0 Å². The standard InChI is InChI=1S/C8H7ClO2.Na/c1-5-6(8(10)11)3-2-4-7(5)9;/h2-4H,1H3,(H,10,11);/q;+1/p-1. The average Bonchev–Trinajstić information content (AvgIpc) is 1.94. The molecule has 0 atom stereocenters. The average molecular weight is 193 g/mol. The molecular formula is C8H6ClNaO2. The van der Waals surface area contributed by atoms with Gasteiger partial charge in [-0.3, -0.25) is 0 Å². The summed E-state index contributed by atoms with van der Waals surface area (Å²) >= 11 is 5.67. The van der Waals surface area contributed by atoms with Gasteiger partial charge in [-0.1, -0.05) is 23.7 Å². The van der Waals surface area contributed by atoms with E-state index in [4.69, 9.17) is 11.6 Å². The number of halogens is 1. The molecule has 0 N–H and O–H groups in total. The number of carbonyl (C=O) groups is 1. The third-order valence-corrected chi connectivity index (χ3v) is 1.90. The van der Waals surface area contributed by atoms with Crippen molar-refractivity contribution in [1.82, 2.24) is 0 Å². The molecule has 0 aliphatic rings. The number of benzene rings is 1. The zero-order valence-corrected chi connectivity index (χ0v) is 9.68. The minimum Gasteiger partial charge on any atom is -0.545 e. The molecule has 0 saturated carbocycles. The van der Waals surface area contributed by atoms with Gasteiger partial charge in [-0.25, -0.2) is 0 Å². The molecule has 58 valence electrons. The molecular weight excluding hydrogens is 187 g/mol. The van der Waals surface area contributed by atoms with Gasteiger partial charge < -0.3 is 9.90 Å². The van der Waals surface area contributed by atoms with Crippen molar-refractivity contribution in [3.8, 4) is 0 Å². The summed E-state index contributed by atoms with van der Waals surface area (Å²) in [6, 6.07) is 4.69. The molecule has 1 aromatic rings. The number of aromatic carboxylic acids is 1. The second kappa shape index (κ2) is 4.87. The van der Waals surface area contributed by atoms with Crippen molar-refractivity contribution in [2.75, 3.05) is 0 Å². The molecule has 0 spiro atoms. The maximum Gasteiger partial charge on any atom is 1.00 e. The summed E-state index contributed by atoms with van der Waals surface area (Å²) in [7, 11) is 0. The summed E-state index contributed by atoms with van der Waals surface area (Å²) in [6.45, 7) is 1.65. The van der Waals surface area contributed by atoms with Crippen molar-refractivity contribution in [1.29, 1.82) is 0 Å². The largest absolute Gasteiger partial charge is 1.00 e. The first-order valence-electron chi connectivity index (χ1n) is 3.09. The second-order valence-electron chi connectivity index (χ2n) is 2.20. The molecule has 0 fully saturated rings. The third-order valence-electron chi connectivity index (χ3n) is 1.49. The van der Waals surface area contributed by atoms with Crippen molar-refractivity contribution < 1.29 is 39.5 Å². The number of hydrogen-bond donors (Lipinski definition) is 0. The molecule has 0 heterocycles. The van der Waals surface area contributed by atoms with Crippen LogP contribution in [-0.4, -0.2) is 5.97 Å². The van der Waals surface area contributed by atoms with E-state index in [0.717, 1.165) is 0 Å². The zero-order valence-electron chi connectivity index (χ0n) is 6.93. The van der Waals surface area contributed by atoms with Gasteiger partial charge in [0.15, 0.2) is 0 Å². The van der Waals surface area contributed by atoms with Gasteiger partial charge in [-0.15, -0.1) is 0 Å². The second-order valence-corrected chi connectivity index (χ2v) is 2.61. The van der Waals surface area contributed by atoms with Crippen LogP contribution in [0.2, 0.25) is 5.02 Å². The predicted octanol–water partition coefficient (Wildman–Crippen LogP) is -1.98. The minimum atomic E-state index is -1.19. The monoisotopic (exact) mass is 192 g/mol. The summed E-state index contributed by atoms with van der Waals surface area (Å²) in [5, 5.41) is 10.9. The van der Waals surface area contributed by atoms with Crippen LogP contribution in [0.4, 0.5) is 0 Å². The Morgan fingerprint density at radius 2 is 2.08 bits per heavy atom. The molecule has 0 radical (unpaired) electrons. The molecule has 0 amide bonds. The molecule has 1 rings (SSSR count). The fourth-order valence-electron chi connectivity index (χ4n) is 0.829. The molecule has 1 aromatic carbocycles. The van der Waals surface area contributed by atoms with Crippen LogP contribution in [0.1, 0.15) is 15.9 Å². The van der Waals surface area contributed by atoms with Crippen LogP contribution in [0.3, 0.4) is 0 Å². The summed E-state index contributed by atoms with van der Waals surface area (Å²) in [5.41, 5.74) is 0.701. The SMILES string of the molecule is Cc1c(Cl)cccc1C(=O)[O-].[Na+]. The molecule has 12 heavy (non-hydrogen) atoms. The Bertz CT molecular complexity index is 299. The van der Waals surface area contributed by atoms with Gasteiger partial charge in [0.2, 0.25) is 0 Å². The maximum atomic E-state index is 10.4. The van der Waals surface area contributed by atoms with E-state index < -0.39 is 5.97 Å². The first-order chi connectivity index (χ1) is 5.13. The van der Waals surface area contributed by atoms with Crippen molar-refractivity contribution in [3.05, 3.63) is 34.3 Å². The van der Waals surface area contributed by atoms with E-state index >= 15 is 0 Å². The Labute approximate surface area is 97.8 Å². The third kappa shape index (κ3) is 2.49. The van der Waals surface area contributed by atoms with E-state index in [1.54, 1.807) is 19.1 Å². The van der Waals surface area contributed by atoms with E-state index in [0.29, 0.717) is 10.6 Å². The Morgan fingerprint density at radius 1 is 1.50 bits per heavy atom. The Balaban J connectivity index is 0.00000121. The van der Waals surface area contributed by atoms with Gasteiger partial charge in [0.05, 0.1) is 5.97 Å². The van der Waals surface area contributed by atoms with Crippen molar-refractivity contribution in [2.24, 2.45) is 0 Å². The molecule has 0 aliphatic carbocycles. The van der Waals surface area contributed by atoms with Crippen molar-refractivity contribution >= 4 is 17.6 Å². The van der Waals surface area contributed by atoms with Gasteiger partial charge in [-0.05, 0) is 18.6 Å². The van der Waals surface area contributed by atoms with Crippen molar-refractivity contribution in [3.63, 3.8) is 0 Å². The number of rotatable bonds is 1. The predicted molar refractivity (Wildman–Crippen MR) is 40.5 cm³/mol. The maximum absolute atomic E-state index is 10.4. The smallest absolute Gasteiger partial charge is 0.545 e. The van der Waals surface area contributed by atoms with E-state index in [9.17, 15) is 9.90 Å².